The molecule has 0 aromatic carbocycles. The fraction of sp³-hybridized carbons (Fsp3) is 0.571. The Morgan fingerprint density at radius 1 is 1.28 bits per heavy atom. The lowest BCUT2D eigenvalue weighted by Crippen LogP contribution is -2.16. The number of hydrogen-bond donors (Lipinski definition) is 0. The lowest BCUT2D eigenvalue weighted by molar-refractivity contribution is 0.0521. The van der Waals surface area contributed by atoms with Gasteiger partial charge in [-0.15, -0.1) is 0 Å². The normalized spacial score (nSPS) is 11.2. The van der Waals surface area contributed by atoms with Crippen LogP contribution in [0.4, 0.5) is 0 Å². The standard InChI is InChI=1S/C14H21NO3/c1-6-17-11-8-12(14(3,4)5)15-9-10(11)13(16)18-7-2/h8-9H,6-7H2,1-5H3. The first-order chi connectivity index (χ1) is 8.40. The number of esters is 1. The molecule has 4 heteroatoms. The minimum absolute atomic E-state index is 0.0843. The molecule has 1 aromatic heterocycles. The number of ether oxygens (including phenoxy) is 2. The fourth-order valence-electron chi connectivity index (χ4n) is 1.48. The predicted molar refractivity (Wildman–Crippen MR) is 70.1 cm³/mol. The van der Waals surface area contributed by atoms with Crippen molar-refractivity contribution in [1.82, 2.24) is 4.98 Å². The summed E-state index contributed by atoms with van der Waals surface area (Å²) >= 11 is 0. The third-order valence-electron chi connectivity index (χ3n) is 2.43. The molecule has 1 heterocycles. The molecule has 0 bridgehead atoms. The summed E-state index contributed by atoms with van der Waals surface area (Å²) in [5.74, 6) is 0.143. The van der Waals surface area contributed by atoms with Crippen molar-refractivity contribution in [2.45, 2.75) is 40.0 Å². The monoisotopic (exact) mass is 251 g/mol. The van der Waals surface area contributed by atoms with E-state index in [1.54, 1.807) is 6.92 Å². The van der Waals surface area contributed by atoms with E-state index < -0.39 is 5.97 Å². The molecule has 0 saturated carbocycles. The van der Waals surface area contributed by atoms with Crippen LogP contribution < -0.4 is 4.74 Å². The molecule has 0 radical (unpaired) electrons. The van der Waals surface area contributed by atoms with E-state index in [-0.39, 0.29) is 5.41 Å². The van der Waals surface area contributed by atoms with E-state index in [1.165, 1.54) is 6.20 Å². The zero-order chi connectivity index (χ0) is 13.8. The molecule has 0 spiro atoms. The molecule has 0 N–H and O–H groups in total. The van der Waals surface area contributed by atoms with Gasteiger partial charge in [-0.05, 0) is 13.8 Å². The number of aromatic nitrogens is 1. The van der Waals surface area contributed by atoms with Crippen molar-refractivity contribution in [2.75, 3.05) is 13.2 Å². The Morgan fingerprint density at radius 3 is 2.44 bits per heavy atom. The largest absolute Gasteiger partial charge is 0.493 e. The maximum atomic E-state index is 11.8. The summed E-state index contributed by atoms with van der Waals surface area (Å²) in [6.45, 7) is 10.7. The van der Waals surface area contributed by atoms with Gasteiger partial charge in [0.05, 0.1) is 13.2 Å². The Balaban J connectivity index is 3.16. The Labute approximate surface area is 108 Å². The summed E-state index contributed by atoms with van der Waals surface area (Å²) in [6.07, 6.45) is 1.53. The van der Waals surface area contributed by atoms with Crippen LogP contribution in [0.25, 0.3) is 0 Å². The molecule has 100 valence electrons. The van der Waals surface area contributed by atoms with Gasteiger partial charge in [0.15, 0.2) is 0 Å². The van der Waals surface area contributed by atoms with Crippen LogP contribution in [0, 0.1) is 0 Å². The van der Waals surface area contributed by atoms with Gasteiger partial charge in [0.25, 0.3) is 0 Å². The van der Waals surface area contributed by atoms with Gasteiger partial charge in [0.2, 0.25) is 0 Å². The smallest absolute Gasteiger partial charge is 0.343 e. The fourth-order valence-corrected chi connectivity index (χ4v) is 1.48. The second kappa shape index (κ2) is 5.85. The van der Waals surface area contributed by atoms with E-state index in [0.717, 1.165) is 5.69 Å². The molecule has 4 nitrogen and oxygen atoms in total. The van der Waals surface area contributed by atoms with Crippen LogP contribution in [0.2, 0.25) is 0 Å². The van der Waals surface area contributed by atoms with Crippen molar-refractivity contribution >= 4 is 5.97 Å². The van der Waals surface area contributed by atoms with E-state index in [1.807, 2.05) is 13.0 Å². The van der Waals surface area contributed by atoms with E-state index in [2.05, 4.69) is 25.8 Å². The van der Waals surface area contributed by atoms with Crippen molar-refractivity contribution in [3.8, 4) is 5.75 Å². The zero-order valence-corrected chi connectivity index (χ0v) is 11.7. The molecular weight excluding hydrogens is 230 g/mol. The quantitative estimate of drug-likeness (QED) is 0.772. The maximum absolute atomic E-state index is 11.8. The van der Waals surface area contributed by atoms with Gasteiger partial charge >= 0.3 is 5.97 Å². The summed E-state index contributed by atoms with van der Waals surface area (Å²) in [5.41, 5.74) is 1.18. The summed E-state index contributed by atoms with van der Waals surface area (Å²) in [5, 5.41) is 0. The number of nitrogens with zero attached hydrogens (tertiary/aromatic N) is 1. The third kappa shape index (κ3) is 3.45. The molecule has 1 rings (SSSR count). The molecule has 0 unspecified atom stereocenters. The van der Waals surface area contributed by atoms with Gasteiger partial charge in [-0.3, -0.25) is 4.98 Å². The number of carbonyl (C=O) groups is 1. The topological polar surface area (TPSA) is 48.4 Å². The van der Waals surface area contributed by atoms with Crippen molar-refractivity contribution in [3.63, 3.8) is 0 Å². The third-order valence-corrected chi connectivity index (χ3v) is 2.43. The summed E-state index contributed by atoms with van der Waals surface area (Å²) in [6, 6.07) is 1.82. The summed E-state index contributed by atoms with van der Waals surface area (Å²) in [4.78, 5) is 16.1. The number of rotatable bonds is 4. The second-order valence-corrected chi connectivity index (χ2v) is 4.97. The maximum Gasteiger partial charge on any atom is 0.343 e. The lowest BCUT2D eigenvalue weighted by Gasteiger charge is -2.19. The lowest BCUT2D eigenvalue weighted by atomic mass is 9.91. The molecule has 0 aliphatic heterocycles. The Morgan fingerprint density at radius 2 is 1.94 bits per heavy atom. The molecule has 18 heavy (non-hydrogen) atoms. The second-order valence-electron chi connectivity index (χ2n) is 4.97. The molecule has 0 saturated heterocycles. The number of carbonyl (C=O) groups excluding carboxylic acids is 1. The van der Waals surface area contributed by atoms with Gasteiger partial charge in [-0.2, -0.15) is 0 Å². The molecule has 1 aromatic rings. The Bertz CT molecular complexity index is 422. The van der Waals surface area contributed by atoms with Crippen molar-refractivity contribution in [1.29, 1.82) is 0 Å². The van der Waals surface area contributed by atoms with E-state index in [0.29, 0.717) is 24.5 Å². The molecule has 0 atom stereocenters. The average Bonchev–Trinajstić information content (AvgIpc) is 2.28. The van der Waals surface area contributed by atoms with Crippen LogP contribution in [-0.2, 0) is 10.2 Å². The van der Waals surface area contributed by atoms with Gasteiger partial charge in [0, 0.05) is 23.4 Å². The Hall–Kier alpha value is -1.58. The van der Waals surface area contributed by atoms with Crippen LogP contribution in [-0.4, -0.2) is 24.2 Å². The minimum atomic E-state index is -0.395. The Kier molecular flexibility index (Phi) is 4.70. The first-order valence-electron chi connectivity index (χ1n) is 6.20. The van der Waals surface area contributed by atoms with Crippen molar-refractivity contribution in [2.24, 2.45) is 0 Å². The summed E-state index contributed by atoms with van der Waals surface area (Å²) < 4.78 is 10.5. The highest BCUT2D eigenvalue weighted by atomic mass is 16.5. The van der Waals surface area contributed by atoms with E-state index in [4.69, 9.17) is 9.47 Å². The highest BCUT2D eigenvalue weighted by Crippen LogP contribution is 2.27. The van der Waals surface area contributed by atoms with Crippen LogP contribution in [0.3, 0.4) is 0 Å². The number of pyridine rings is 1. The van der Waals surface area contributed by atoms with Crippen LogP contribution in [0.5, 0.6) is 5.75 Å². The van der Waals surface area contributed by atoms with Gasteiger partial charge in [0.1, 0.15) is 11.3 Å². The van der Waals surface area contributed by atoms with Crippen LogP contribution in [0.1, 0.15) is 50.7 Å². The van der Waals surface area contributed by atoms with Gasteiger partial charge in [-0.25, -0.2) is 4.79 Å². The molecular formula is C14H21NO3. The molecule has 0 aliphatic carbocycles. The molecule has 0 fully saturated rings. The highest BCUT2D eigenvalue weighted by molar-refractivity contribution is 5.92. The van der Waals surface area contributed by atoms with Crippen molar-refractivity contribution in [3.05, 3.63) is 23.5 Å². The molecule has 0 aliphatic rings. The molecule has 0 amide bonds. The SMILES string of the molecule is CCOC(=O)c1cnc(C(C)(C)C)cc1OCC. The first kappa shape index (κ1) is 14.5. The van der Waals surface area contributed by atoms with Crippen LogP contribution >= 0.6 is 0 Å². The van der Waals surface area contributed by atoms with Gasteiger partial charge in [-0.1, -0.05) is 20.8 Å². The highest BCUT2D eigenvalue weighted by Gasteiger charge is 2.21. The number of hydrogen-bond acceptors (Lipinski definition) is 4. The predicted octanol–water partition coefficient (Wildman–Crippen LogP) is 2.95. The first-order valence-corrected chi connectivity index (χ1v) is 6.20. The average molecular weight is 251 g/mol. The zero-order valence-electron chi connectivity index (χ0n) is 11.7. The van der Waals surface area contributed by atoms with Gasteiger partial charge < -0.3 is 9.47 Å². The van der Waals surface area contributed by atoms with E-state index >= 15 is 0 Å². The van der Waals surface area contributed by atoms with Crippen LogP contribution in [0.15, 0.2) is 12.3 Å². The van der Waals surface area contributed by atoms with Crippen molar-refractivity contribution < 1.29 is 14.3 Å². The minimum Gasteiger partial charge on any atom is -0.493 e. The van der Waals surface area contributed by atoms with E-state index in [9.17, 15) is 4.79 Å². The summed E-state index contributed by atoms with van der Waals surface area (Å²) in [7, 11) is 0.